The van der Waals surface area contributed by atoms with E-state index in [0.29, 0.717) is 6.04 Å². The zero-order valence-corrected chi connectivity index (χ0v) is 11.4. The Morgan fingerprint density at radius 1 is 1.26 bits per heavy atom. The van der Waals surface area contributed by atoms with Crippen molar-refractivity contribution in [3.63, 3.8) is 0 Å². The van der Waals surface area contributed by atoms with Gasteiger partial charge in [0.1, 0.15) is 0 Å². The first-order valence-electron chi connectivity index (χ1n) is 7.39. The van der Waals surface area contributed by atoms with Crippen LogP contribution in [-0.2, 0) is 11.3 Å². The number of carbonyl (C=O) groups is 1. The summed E-state index contributed by atoms with van der Waals surface area (Å²) in [6.07, 6.45) is 4.01. The van der Waals surface area contributed by atoms with Gasteiger partial charge in [0.2, 0.25) is 5.91 Å². The molecule has 4 rings (SSSR count). The molecule has 2 aliphatic heterocycles. The van der Waals surface area contributed by atoms with Gasteiger partial charge in [-0.05, 0) is 24.0 Å². The number of carbonyl (C=O) groups excluding carboxylic acids is 1. The number of nitrogens with zero attached hydrogens (tertiary/aromatic N) is 2. The van der Waals surface area contributed by atoms with Crippen LogP contribution in [0.1, 0.15) is 43.2 Å². The SMILES string of the molecule is CC(=O)N1CCN2c3c(cccc3[C@@H]3CCC[C@@H]32)C1. The quantitative estimate of drug-likeness (QED) is 0.712. The second-order valence-electron chi connectivity index (χ2n) is 6.09. The lowest BCUT2D eigenvalue weighted by Gasteiger charge is -2.27. The van der Waals surface area contributed by atoms with Crippen LogP contribution in [0.3, 0.4) is 0 Å². The Morgan fingerprint density at radius 3 is 3.00 bits per heavy atom. The van der Waals surface area contributed by atoms with Gasteiger partial charge in [-0.25, -0.2) is 0 Å². The Bertz CT molecular complexity index is 540. The second kappa shape index (κ2) is 3.99. The zero-order chi connectivity index (χ0) is 13.0. The first-order valence-corrected chi connectivity index (χ1v) is 7.39. The van der Waals surface area contributed by atoms with Crippen molar-refractivity contribution < 1.29 is 4.79 Å². The maximum atomic E-state index is 11.7. The number of para-hydroxylation sites is 1. The molecule has 1 aromatic carbocycles. The molecule has 3 aliphatic rings. The highest BCUT2D eigenvalue weighted by molar-refractivity contribution is 5.75. The van der Waals surface area contributed by atoms with Gasteiger partial charge in [-0.1, -0.05) is 24.6 Å². The monoisotopic (exact) mass is 256 g/mol. The topological polar surface area (TPSA) is 23.6 Å². The van der Waals surface area contributed by atoms with E-state index in [-0.39, 0.29) is 5.91 Å². The average Bonchev–Trinajstić information content (AvgIpc) is 2.90. The van der Waals surface area contributed by atoms with E-state index in [9.17, 15) is 4.79 Å². The van der Waals surface area contributed by atoms with Gasteiger partial charge < -0.3 is 9.80 Å². The van der Waals surface area contributed by atoms with Crippen molar-refractivity contribution in [1.82, 2.24) is 4.90 Å². The van der Waals surface area contributed by atoms with Crippen molar-refractivity contribution in [2.45, 2.75) is 44.7 Å². The van der Waals surface area contributed by atoms with Crippen LogP contribution < -0.4 is 4.90 Å². The normalized spacial score (nSPS) is 28.1. The minimum atomic E-state index is 0.196. The van der Waals surface area contributed by atoms with Gasteiger partial charge in [-0.3, -0.25) is 4.79 Å². The number of benzene rings is 1. The van der Waals surface area contributed by atoms with E-state index in [1.54, 1.807) is 12.5 Å². The number of hydrogen-bond acceptors (Lipinski definition) is 2. The van der Waals surface area contributed by atoms with Gasteiger partial charge in [-0.15, -0.1) is 0 Å². The second-order valence-corrected chi connectivity index (χ2v) is 6.09. The summed E-state index contributed by atoms with van der Waals surface area (Å²) in [5.41, 5.74) is 4.35. The molecule has 1 saturated carbocycles. The maximum absolute atomic E-state index is 11.7. The number of amides is 1. The van der Waals surface area contributed by atoms with Crippen molar-refractivity contribution in [2.24, 2.45) is 0 Å². The predicted octanol–water partition coefficient (Wildman–Crippen LogP) is 2.50. The smallest absolute Gasteiger partial charge is 0.219 e. The van der Waals surface area contributed by atoms with E-state index in [2.05, 4.69) is 23.1 Å². The van der Waals surface area contributed by atoms with Crippen LogP contribution in [0.4, 0.5) is 5.69 Å². The third-order valence-corrected chi connectivity index (χ3v) is 5.13. The lowest BCUT2D eigenvalue weighted by Crippen LogP contribution is -2.37. The maximum Gasteiger partial charge on any atom is 0.219 e. The van der Waals surface area contributed by atoms with E-state index >= 15 is 0 Å². The van der Waals surface area contributed by atoms with E-state index in [1.165, 1.54) is 30.5 Å². The fourth-order valence-electron chi connectivity index (χ4n) is 4.29. The average molecular weight is 256 g/mol. The lowest BCUT2D eigenvalue weighted by atomic mass is 9.96. The summed E-state index contributed by atoms with van der Waals surface area (Å²) in [4.78, 5) is 16.3. The molecule has 0 N–H and O–H groups in total. The molecule has 0 saturated heterocycles. The first kappa shape index (κ1) is 11.3. The third kappa shape index (κ3) is 1.54. The molecule has 0 aromatic heterocycles. The molecule has 0 radical (unpaired) electrons. The summed E-state index contributed by atoms with van der Waals surface area (Å²) >= 11 is 0. The van der Waals surface area contributed by atoms with Gasteiger partial charge in [0.25, 0.3) is 0 Å². The van der Waals surface area contributed by atoms with Gasteiger partial charge in [0.05, 0.1) is 0 Å². The molecule has 1 fully saturated rings. The molecule has 2 heterocycles. The van der Waals surface area contributed by atoms with Crippen LogP contribution in [0.25, 0.3) is 0 Å². The zero-order valence-electron chi connectivity index (χ0n) is 11.4. The number of rotatable bonds is 0. The molecule has 2 atom stereocenters. The summed E-state index contributed by atoms with van der Waals surface area (Å²) < 4.78 is 0. The van der Waals surface area contributed by atoms with Crippen LogP contribution in [0, 0.1) is 0 Å². The number of fused-ring (bicyclic) bond motifs is 3. The molecule has 1 aromatic rings. The third-order valence-electron chi connectivity index (χ3n) is 5.13. The van der Waals surface area contributed by atoms with Crippen molar-refractivity contribution in [2.75, 3.05) is 18.0 Å². The summed E-state index contributed by atoms with van der Waals surface area (Å²) in [6.45, 7) is 4.34. The van der Waals surface area contributed by atoms with Crippen LogP contribution in [0.2, 0.25) is 0 Å². The molecule has 100 valence electrons. The van der Waals surface area contributed by atoms with Crippen LogP contribution in [-0.4, -0.2) is 29.9 Å². The summed E-state index contributed by atoms with van der Waals surface area (Å²) in [5, 5.41) is 0. The van der Waals surface area contributed by atoms with E-state index in [1.807, 2.05) is 4.90 Å². The minimum Gasteiger partial charge on any atom is -0.366 e. The molecule has 19 heavy (non-hydrogen) atoms. The highest BCUT2D eigenvalue weighted by Crippen LogP contribution is 2.51. The van der Waals surface area contributed by atoms with E-state index in [0.717, 1.165) is 25.6 Å². The Labute approximate surface area is 114 Å². The first-order chi connectivity index (χ1) is 9.25. The Balaban J connectivity index is 1.82. The van der Waals surface area contributed by atoms with Crippen molar-refractivity contribution in [3.05, 3.63) is 29.3 Å². The summed E-state index contributed by atoms with van der Waals surface area (Å²) in [5.74, 6) is 0.945. The van der Waals surface area contributed by atoms with Crippen molar-refractivity contribution >= 4 is 11.6 Å². The highest BCUT2D eigenvalue weighted by Gasteiger charge is 2.43. The largest absolute Gasteiger partial charge is 0.366 e. The number of anilines is 1. The summed E-state index contributed by atoms with van der Waals surface area (Å²) in [6, 6.07) is 7.39. The predicted molar refractivity (Wildman–Crippen MR) is 75.3 cm³/mol. The fourth-order valence-corrected chi connectivity index (χ4v) is 4.29. The molecule has 1 aliphatic carbocycles. The Morgan fingerprint density at radius 2 is 2.16 bits per heavy atom. The Kier molecular flexibility index (Phi) is 2.38. The van der Waals surface area contributed by atoms with Crippen LogP contribution in [0.5, 0.6) is 0 Å². The molecule has 0 bridgehead atoms. The molecular weight excluding hydrogens is 236 g/mol. The molecule has 0 spiro atoms. The minimum absolute atomic E-state index is 0.196. The van der Waals surface area contributed by atoms with Gasteiger partial charge >= 0.3 is 0 Å². The lowest BCUT2D eigenvalue weighted by molar-refractivity contribution is -0.129. The molecule has 3 heteroatoms. The van der Waals surface area contributed by atoms with Crippen LogP contribution in [0.15, 0.2) is 18.2 Å². The van der Waals surface area contributed by atoms with E-state index < -0.39 is 0 Å². The standard InChI is InChI=1S/C16H20N2O/c1-11(19)17-8-9-18-15-7-3-5-13(15)14-6-2-4-12(10-17)16(14)18/h2,4,6,13,15H,3,5,7-10H2,1H3/t13-,15-/m0/s1. The fraction of sp³-hybridized carbons (Fsp3) is 0.562. The molecular formula is C16H20N2O. The molecule has 1 amide bonds. The number of hydrogen-bond donors (Lipinski definition) is 0. The van der Waals surface area contributed by atoms with Gasteiger partial charge in [0.15, 0.2) is 0 Å². The van der Waals surface area contributed by atoms with Crippen molar-refractivity contribution in [1.29, 1.82) is 0 Å². The van der Waals surface area contributed by atoms with Gasteiger partial charge in [-0.2, -0.15) is 0 Å². The van der Waals surface area contributed by atoms with E-state index in [4.69, 9.17) is 0 Å². The van der Waals surface area contributed by atoms with Crippen LogP contribution >= 0.6 is 0 Å². The Hall–Kier alpha value is -1.51. The highest BCUT2D eigenvalue weighted by atomic mass is 16.2. The molecule has 3 nitrogen and oxygen atoms in total. The summed E-state index contributed by atoms with van der Waals surface area (Å²) in [7, 11) is 0. The molecule has 0 unspecified atom stereocenters. The van der Waals surface area contributed by atoms with Gasteiger partial charge in [0, 0.05) is 44.2 Å². The van der Waals surface area contributed by atoms with Crippen molar-refractivity contribution in [3.8, 4) is 0 Å².